The Bertz CT molecular complexity index is 1500. The van der Waals surface area contributed by atoms with E-state index in [1.54, 1.807) is 29.7 Å². The van der Waals surface area contributed by atoms with Crippen LogP contribution < -0.4 is 11.1 Å². The molecule has 0 atom stereocenters. The van der Waals surface area contributed by atoms with Crippen LogP contribution in [0.5, 0.6) is 0 Å². The number of hydrogen-bond acceptors (Lipinski definition) is 6. The zero-order chi connectivity index (χ0) is 22.5. The van der Waals surface area contributed by atoms with Crippen LogP contribution in [0.2, 0.25) is 5.02 Å². The maximum absolute atomic E-state index is 13.8. The minimum atomic E-state index is -0.166. The second-order valence-corrected chi connectivity index (χ2v) is 11.3. The number of thiophene rings is 1. The van der Waals surface area contributed by atoms with Crippen molar-refractivity contribution in [1.29, 1.82) is 0 Å². The van der Waals surface area contributed by atoms with E-state index in [2.05, 4.69) is 4.98 Å². The molecule has 0 aliphatic heterocycles. The molecule has 0 amide bonds. The summed E-state index contributed by atoms with van der Waals surface area (Å²) in [7, 11) is 0. The van der Waals surface area contributed by atoms with E-state index in [1.165, 1.54) is 39.1 Å². The van der Waals surface area contributed by atoms with Crippen LogP contribution in [0.3, 0.4) is 0 Å². The largest absolute Gasteiger partial charge is 0.284 e. The van der Waals surface area contributed by atoms with Gasteiger partial charge in [0.2, 0.25) is 0 Å². The van der Waals surface area contributed by atoms with Crippen molar-refractivity contribution in [2.75, 3.05) is 0 Å². The lowest BCUT2D eigenvalue weighted by molar-refractivity contribution is 0.457. The minimum absolute atomic E-state index is 0.120. The Morgan fingerprint density at radius 1 is 1.09 bits per heavy atom. The van der Waals surface area contributed by atoms with Crippen molar-refractivity contribution >= 4 is 50.6 Å². The number of rotatable bonds is 4. The molecule has 0 unspecified atom stereocenters. The molecule has 4 aromatic heterocycles. The Morgan fingerprint density at radius 2 is 1.91 bits per heavy atom. The number of pyridine rings is 1. The summed E-state index contributed by atoms with van der Waals surface area (Å²) in [6.07, 6.45) is 10.3. The summed E-state index contributed by atoms with van der Waals surface area (Å²) in [6.45, 7) is 0. The average molecular weight is 499 g/mol. The first-order chi connectivity index (χ1) is 16.1. The Labute approximate surface area is 203 Å². The number of hydrogen-bond donors (Lipinski definition) is 0. The summed E-state index contributed by atoms with van der Waals surface area (Å²) in [5.41, 5.74) is 2.43. The third-order valence-corrected chi connectivity index (χ3v) is 9.10. The van der Waals surface area contributed by atoms with Gasteiger partial charge in [0, 0.05) is 28.9 Å². The maximum Gasteiger partial charge on any atom is 0.263 e. The zero-order valence-corrected chi connectivity index (χ0v) is 20.4. The molecule has 2 aliphatic carbocycles. The molecule has 0 N–H and O–H groups in total. The first-order valence-corrected chi connectivity index (χ1v) is 13.6. The number of thioether (sulfide) groups is 1. The van der Waals surface area contributed by atoms with Gasteiger partial charge in [-0.2, -0.15) is 0 Å². The van der Waals surface area contributed by atoms with Gasteiger partial charge in [-0.05, 0) is 56.2 Å². The molecular weight excluding hydrogens is 476 g/mol. The van der Waals surface area contributed by atoms with Gasteiger partial charge in [0.1, 0.15) is 10.5 Å². The molecule has 0 spiro atoms. The number of fused-ring (bicyclic) bond motifs is 4. The van der Waals surface area contributed by atoms with E-state index >= 15 is 0 Å². The topological polar surface area (TPSA) is 69.3 Å². The van der Waals surface area contributed by atoms with E-state index in [9.17, 15) is 9.59 Å². The Kier molecular flexibility index (Phi) is 5.55. The second-order valence-electron chi connectivity index (χ2n) is 8.85. The fourth-order valence-electron chi connectivity index (χ4n) is 5.12. The van der Waals surface area contributed by atoms with Gasteiger partial charge in [-0.1, -0.05) is 36.2 Å². The highest BCUT2D eigenvalue weighted by atomic mass is 35.5. The number of nitrogens with zero attached hydrogens (tertiary/aromatic N) is 4. The second kappa shape index (κ2) is 8.56. The summed E-state index contributed by atoms with van der Waals surface area (Å²) in [6, 6.07) is 5.21. The molecule has 1 saturated carbocycles. The highest BCUT2D eigenvalue weighted by molar-refractivity contribution is 7.98. The van der Waals surface area contributed by atoms with E-state index in [-0.39, 0.29) is 17.2 Å². The lowest BCUT2D eigenvalue weighted by atomic mass is 9.97. The molecule has 9 heteroatoms. The Hall–Kier alpha value is -2.16. The maximum atomic E-state index is 13.8. The molecular formula is C24H23ClN4O2S2. The normalized spacial score (nSPS) is 16.6. The predicted molar refractivity (Wildman–Crippen MR) is 134 cm³/mol. The summed E-state index contributed by atoms with van der Waals surface area (Å²) >= 11 is 9.21. The van der Waals surface area contributed by atoms with E-state index in [4.69, 9.17) is 16.6 Å². The molecule has 0 bridgehead atoms. The molecule has 4 aromatic rings. The first-order valence-electron chi connectivity index (χ1n) is 11.5. The van der Waals surface area contributed by atoms with Gasteiger partial charge in [0.05, 0.1) is 16.1 Å². The molecule has 4 heterocycles. The van der Waals surface area contributed by atoms with Crippen molar-refractivity contribution in [2.45, 2.75) is 68.3 Å². The molecule has 33 heavy (non-hydrogen) atoms. The highest BCUT2D eigenvalue weighted by Gasteiger charge is 2.27. The smallest absolute Gasteiger partial charge is 0.263 e. The van der Waals surface area contributed by atoms with Crippen molar-refractivity contribution in [3.63, 3.8) is 0 Å². The van der Waals surface area contributed by atoms with Crippen LogP contribution in [0.4, 0.5) is 0 Å². The van der Waals surface area contributed by atoms with Gasteiger partial charge in [-0.3, -0.25) is 18.6 Å². The lowest BCUT2D eigenvalue weighted by Crippen LogP contribution is -2.26. The number of halogens is 1. The van der Waals surface area contributed by atoms with Gasteiger partial charge >= 0.3 is 0 Å². The van der Waals surface area contributed by atoms with E-state index < -0.39 is 0 Å². The molecule has 0 aromatic carbocycles. The van der Waals surface area contributed by atoms with Crippen molar-refractivity contribution in [3.8, 4) is 0 Å². The van der Waals surface area contributed by atoms with Gasteiger partial charge in [-0.15, -0.1) is 11.3 Å². The fourth-order valence-corrected chi connectivity index (χ4v) is 7.55. The summed E-state index contributed by atoms with van der Waals surface area (Å²) in [4.78, 5) is 38.2. The third kappa shape index (κ3) is 3.82. The standard InChI is InChI=1S/C24H23ClN4O2S2/c25-14-9-10-19-26-15(11-20(30)28(19)12-14)13-32-24-27-22-21(17-7-3-4-8-18(17)33-22)23(31)29(24)16-5-1-2-6-16/h9-12,16H,1-8,13H2. The Morgan fingerprint density at radius 3 is 2.76 bits per heavy atom. The number of aryl methyl sites for hydroxylation is 2. The van der Waals surface area contributed by atoms with Gasteiger partial charge < -0.3 is 0 Å². The highest BCUT2D eigenvalue weighted by Crippen LogP contribution is 2.37. The van der Waals surface area contributed by atoms with E-state index in [1.807, 2.05) is 4.57 Å². The van der Waals surface area contributed by atoms with Crippen LogP contribution >= 0.6 is 34.7 Å². The monoisotopic (exact) mass is 498 g/mol. The van der Waals surface area contributed by atoms with Gasteiger partial charge in [-0.25, -0.2) is 9.97 Å². The molecule has 2 aliphatic rings. The summed E-state index contributed by atoms with van der Waals surface area (Å²) < 4.78 is 3.40. The molecule has 170 valence electrons. The van der Waals surface area contributed by atoms with Crippen LogP contribution in [-0.2, 0) is 18.6 Å². The quantitative estimate of drug-likeness (QED) is 0.278. The zero-order valence-electron chi connectivity index (χ0n) is 18.1. The molecule has 0 saturated heterocycles. The number of aromatic nitrogens is 4. The van der Waals surface area contributed by atoms with Crippen molar-refractivity contribution < 1.29 is 0 Å². The summed E-state index contributed by atoms with van der Waals surface area (Å²) in [5, 5.41) is 2.09. The van der Waals surface area contributed by atoms with Crippen LogP contribution in [-0.4, -0.2) is 18.9 Å². The predicted octanol–water partition coefficient (Wildman–Crippen LogP) is 5.41. The van der Waals surface area contributed by atoms with Gasteiger partial charge in [0.25, 0.3) is 11.1 Å². The third-order valence-electron chi connectivity index (χ3n) is 6.70. The van der Waals surface area contributed by atoms with Gasteiger partial charge in [0.15, 0.2) is 5.16 Å². The molecule has 1 fully saturated rings. The van der Waals surface area contributed by atoms with Crippen LogP contribution in [0.1, 0.15) is 60.7 Å². The SMILES string of the molecule is O=c1c2c3c(sc2nc(SCc2cc(=O)n4cc(Cl)ccc4n2)n1C1CCCC1)CCCC3. The van der Waals surface area contributed by atoms with Crippen LogP contribution in [0, 0.1) is 0 Å². The molecule has 0 radical (unpaired) electrons. The fraction of sp³-hybridized carbons (Fsp3) is 0.417. The van der Waals surface area contributed by atoms with Crippen molar-refractivity contribution in [2.24, 2.45) is 0 Å². The molecule has 6 rings (SSSR count). The van der Waals surface area contributed by atoms with E-state index in [0.717, 1.165) is 60.3 Å². The summed E-state index contributed by atoms with van der Waals surface area (Å²) in [5.74, 6) is 0.476. The van der Waals surface area contributed by atoms with Crippen molar-refractivity contribution in [1.82, 2.24) is 18.9 Å². The lowest BCUT2D eigenvalue weighted by Gasteiger charge is -2.18. The average Bonchev–Trinajstić information content (AvgIpc) is 3.46. The van der Waals surface area contributed by atoms with Crippen LogP contribution in [0.25, 0.3) is 15.9 Å². The first kappa shape index (κ1) is 21.4. The van der Waals surface area contributed by atoms with Crippen molar-refractivity contribution in [3.05, 3.63) is 66.3 Å². The Balaban J connectivity index is 1.42. The van der Waals surface area contributed by atoms with E-state index in [0.29, 0.717) is 22.1 Å². The molecule has 6 nitrogen and oxygen atoms in total. The minimum Gasteiger partial charge on any atom is -0.284 e. The van der Waals surface area contributed by atoms with Crippen LogP contribution in [0.15, 0.2) is 39.1 Å².